The van der Waals surface area contributed by atoms with Gasteiger partial charge in [0.1, 0.15) is 0 Å². The summed E-state index contributed by atoms with van der Waals surface area (Å²) in [5, 5.41) is 6.23. The number of nitrogens with one attached hydrogen (secondary N) is 2. The van der Waals surface area contributed by atoms with Crippen LogP contribution in [0.3, 0.4) is 0 Å². The van der Waals surface area contributed by atoms with E-state index in [9.17, 15) is 9.59 Å². The molecule has 2 atom stereocenters. The molecular weight excluding hydrogens is 460 g/mol. The Labute approximate surface area is 211 Å². The topological polar surface area (TPSA) is 64.7 Å². The molecule has 0 radical (unpaired) electrons. The molecule has 35 heavy (non-hydrogen) atoms. The maximum absolute atomic E-state index is 13.4. The molecule has 0 bridgehead atoms. The molecule has 0 saturated heterocycles. The molecule has 0 spiro atoms. The van der Waals surface area contributed by atoms with E-state index in [0.717, 1.165) is 29.8 Å². The van der Waals surface area contributed by atoms with Crippen molar-refractivity contribution in [3.8, 4) is 0 Å². The number of halogens is 1. The van der Waals surface area contributed by atoms with Gasteiger partial charge in [0.25, 0.3) is 11.8 Å². The lowest BCUT2D eigenvalue weighted by Crippen LogP contribution is -2.40. The summed E-state index contributed by atoms with van der Waals surface area (Å²) in [5.74, 6) is -0.375. The summed E-state index contributed by atoms with van der Waals surface area (Å²) >= 11 is 6.50. The fourth-order valence-corrected chi connectivity index (χ4v) is 4.86. The van der Waals surface area contributed by atoms with Crippen LogP contribution in [0.4, 0.5) is 17.1 Å². The van der Waals surface area contributed by atoms with Crippen LogP contribution < -0.4 is 20.4 Å². The van der Waals surface area contributed by atoms with Crippen LogP contribution in [0.5, 0.6) is 0 Å². The lowest BCUT2D eigenvalue weighted by atomic mass is 10.0. The molecule has 4 rings (SSSR count). The molecule has 2 N–H and O–H groups in total. The molecule has 1 heterocycles. The Kier molecular flexibility index (Phi) is 8.06. The van der Waals surface area contributed by atoms with Gasteiger partial charge in [-0.3, -0.25) is 9.59 Å². The lowest BCUT2D eigenvalue weighted by molar-refractivity contribution is -0.115. The maximum atomic E-state index is 13.4. The second kappa shape index (κ2) is 11.4. The maximum Gasteiger partial charge on any atom is 0.262 e. The molecule has 0 aromatic heterocycles. The van der Waals surface area contributed by atoms with Gasteiger partial charge in [-0.2, -0.15) is 0 Å². The van der Waals surface area contributed by atoms with E-state index in [4.69, 9.17) is 11.6 Å². The third-order valence-corrected chi connectivity index (χ3v) is 6.82. The smallest absolute Gasteiger partial charge is 0.262 e. The highest BCUT2D eigenvalue weighted by atomic mass is 35.5. The van der Waals surface area contributed by atoms with Gasteiger partial charge in [0, 0.05) is 41.8 Å². The summed E-state index contributed by atoms with van der Waals surface area (Å²) in [4.78, 5) is 29.9. The van der Waals surface area contributed by atoms with Crippen molar-refractivity contribution in [2.75, 3.05) is 35.3 Å². The summed E-state index contributed by atoms with van der Waals surface area (Å²) in [6.45, 7) is 3.20. The van der Waals surface area contributed by atoms with Crippen molar-refractivity contribution in [2.45, 2.75) is 31.3 Å². The van der Waals surface area contributed by atoms with Crippen molar-refractivity contribution >= 4 is 40.5 Å². The number of alkyl halides is 1. The van der Waals surface area contributed by atoms with E-state index in [-0.39, 0.29) is 17.9 Å². The van der Waals surface area contributed by atoms with Crippen LogP contribution in [0, 0.1) is 0 Å². The first-order chi connectivity index (χ1) is 17.0. The van der Waals surface area contributed by atoms with Crippen LogP contribution in [0.25, 0.3) is 0 Å². The van der Waals surface area contributed by atoms with Gasteiger partial charge in [0.2, 0.25) is 0 Å². The summed E-state index contributed by atoms with van der Waals surface area (Å²) < 4.78 is 0. The van der Waals surface area contributed by atoms with E-state index in [1.807, 2.05) is 72.3 Å². The summed E-state index contributed by atoms with van der Waals surface area (Å²) in [6.07, 6.45) is 1.88. The number of carbonyl (C=O) groups excluding carboxylic acids is 2. The highest BCUT2D eigenvalue weighted by molar-refractivity contribution is 6.33. The fraction of sp³-hybridized carbons (Fsp3) is 0.286. The minimum absolute atomic E-state index is 0.0523. The van der Waals surface area contributed by atoms with E-state index >= 15 is 0 Å². The first-order valence-corrected chi connectivity index (χ1v) is 12.4. The van der Waals surface area contributed by atoms with Gasteiger partial charge in [-0.1, -0.05) is 48.0 Å². The molecule has 2 unspecified atom stereocenters. The van der Waals surface area contributed by atoms with Gasteiger partial charge in [-0.05, 0) is 74.8 Å². The SMILES string of the molecule is CCN(c1ccccc1)C(Cl)C(=O)Nc1ccc(C(=O)N2CCCC(NC)c3ccccc32)cc1. The molecule has 6 nitrogen and oxygen atoms in total. The highest BCUT2D eigenvalue weighted by Gasteiger charge is 2.27. The fourth-order valence-electron chi connectivity index (χ4n) is 4.56. The normalized spacial score (nSPS) is 16.1. The van der Waals surface area contributed by atoms with Crippen molar-refractivity contribution < 1.29 is 9.59 Å². The Bertz CT molecular complexity index is 1150. The number of likely N-dealkylation sites (N-methyl/N-ethyl adjacent to an activating group) is 1. The lowest BCUT2D eigenvalue weighted by Gasteiger charge is -2.27. The van der Waals surface area contributed by atoms with E-state index in [0.29, 0.717) is 24.3 Å². The summed E-state index contributed by atoms with van der Waals surface area (Å²) in [6, 6.07) is 24.9. The van der Waals surface area contributed by atoms with E-state index in [1.165, 1.54) is 0 Å². The van der Waals surface area contributed by atoms with E-state index in [2.05, 4.69) is 16.7 Å². The van der Waals surface area contributed by atoms with E-state index in [1.54, 1.807) is 24.3 Å². The zero-order valence-corrected chi connectivity index (χ0v) is 20.8. The molecule has 3 aromatic carbocycles. The van der Waals surface area contributed by atoms with Gasteiger partial charge < -0.3 is 20.4 Å². The van der Waals surface area contributed by atoms with Crippen LogP contribution in [-0.2, 0) is 4.79 Å². The first-order valence-electron chi connectivity index (χ1n) is 12.0. The summed E-state index contributed by atoms with van der Waals surface area (Å²) in [5.41, 5.74) is 3.26. The van der Waals surface area contributed by atoms with Crippen LogP contribution >= 0.6 is 11.6 Å². The minimum atomic E-state index is -0.863. The molecule has 0 saturated carbocycles. The number of fused-ring (bicyclic) bond motifs is 1. The number of amides is 2. The molecule has 1 aliphatic heterocycles. The number of anilines is 3. The number of nitrogens with zero attached hydrogens (tertiary/aromatic N) is 2. The Morgan fingerprint density at radius 1 is 1.03 bits per heavy atom. The largest absolute Gasteiger partial charge is 0.348 e. The predicted molar refractivity (Wildman–Crippen MR) is 143 cm³/mol. The van der Waals surface area contributed by atoms with Gasteiger partial charge in [0.15, 0.2) is 5.50 Å². The minimum Gasteiger partial charge on any atom is -0.348 e. The summed E-state index contributed by atoms with van der Waals surface area (Å²) in [7, 11) is 1.96. The average molecular weight is 491 g/mol. The molecule has 2 amide bonds. The van der Waals surface area contributed by atoms with Gasteiger partial charge >= 0.3 is 0 Å². The third-order valence-electron chi connectivity index (χ3n) is 6.39. The number of benzene rings is 3. The predicted octanol–water partition coefficient (Wildman–Crippen LogP) is 5.42. The van der Waals surface area contributed by atoms with Crippen molar-refractivity contribution in [1.82, 2.24) is 5.32 Å². The Balaban J connectivity index is 1.47. The van der Waals surface area contributed by atoms with Crippen molar-refractivity contribution in [1.29, 1.82) is 0 Å². The van der Waals surface area contributed by atoms with Gasteiger partial charge in [-0.25, -0.2) is 0 Å². The molecule has 0 fully saturated rings. The van der Waals surface area contributed by atoms with Crippen molar-refractivity contribution in [2.24, 2.45) is 0 Å². The van der Waals surface area contributed by atoms with Crippen LogP contribution in [0.1, 0.15) is 41.7 Å². The monoisotopic (exact) mass is 490 g/mol. The quantitative estimate of drug-likeness (QED) is 0.343. The zero-order chi connectivity index (χ0) is 24.8. The molecule has 0 aliphatic carbocycles. The first kappa shape index (κ1) is 24.8. The van der Waals surface area contributed by atoms with Gasteiger partial charge in [0.05, 0.1) is 0 Å². The molecule has 182 valence electrons. The second-order valence-electron chi connectivity index (χ2n) is 8.52. The number of hydrogen-bond acceptors (Lipinski definition) is 4. The van der Waals surface area contributed by atoms with Gasteiger partial charge in [-0.15, -0.1) is 0 Å². The van der Waals surface area contributed by atoms with Crippen LogP contribution in [-0.4, -0.2) is 37.5 Å². The number of hydrogen-bond donors (Lipinski definition) is 2. The Morgan fingerprint density at radius 2 is 1.71 bits per heavy atom. The average Bonchev–Trinajstić information content (AvgIpc) is 3.09. The van der Waals surface area contributed by atoms with Crippen LogP contribution in [0.2, 0.25) is 0 Å². The zero-order valence-electron chi connectivity index (χ0n) is 20.1. The highest BCUT2D eigenvalue weighted by Crippen LogP contribution is 2.33. The Morgan fingerprint density at radius 3 is 2.40 bits per heavy atom. The number of carbonyl (C=O) groups is 2. The second-order valence-corrected chi connectivity index (χ2v) is 8.94. The number of para-hydroxylation sites is 2. The molecular formula is C28H31ClN4O2. The Hall–Kier alpha value is -3.35. The molecule has 1 aliphatic rings. The molecule has 7 heteroatoms. The number of rotatable bonds is 7. The van der Waals surface area contributed by atoms with Crippen LogP contribution in [0.15, 0.2) is 78.9 Å². The van der Waals surface area contributed by atoms with E-state index < -0.39 is 5.50 Å². The third kappa shape index (κ3) is 5.50. The van der Waals surface area contributed by atoms with Crippen molar-refractivity contribution in [3.63, 3.8) is 0 Å². The standard InChI is InChI=1S/C28H31ClN4O2/c1-3-32(22-10-5-4-6-11-22)26(29)27(34)31-21-17-15-20(16-18-21)28(35)33-19-9-13-24(30-2)23-12-7-8-14-25(23)33/h4-8,10-12,14-18,24,26,30H,3,9,13,19H2,1-2H3,(H,31,34). The molecule has 3 aromatic rings. The van der Waals surface area contributed by atoms with Crippen molar-refractivity contribution in [3.05, 3.63) is 90.0 Å².